The van der Waals surface area contributed by atoms with Crippen molar-refractivity contribution in [3.05, 3.63) is 0 Å². The van der Waals surface area contributed by atoms with Gasteiger partial charge in [-0.3, -0.25) is 4.99 Å². The van der Waals surface area contributed by atoms with Crippen molar-refractivity contribution in [3.63, 3.8) is 0 Å². The summed E-state index contributed by atoms with van der Waals surface area (Å²) in [5.74, 6) is 0. The van der Waals surface area contributed by atoms with Gasteiger partial charge in [-0.05, 0) is 13.3 Å². The van der Waals surface area contributed by atoms with E-state index in [1.807, 2.05) is 13.8 Å². The monoisotopic (exact) mass is 266 g/mol. The summed E-state index contributed by atoms with van der Waals surface area (Å²) in [5.41, 5.74) is 0.888. The fraction of sp³-hybridized carbons (Fsp3) is 0.750. The van der Waals surface area contributed by atoms with Crippen LogP contribution in [0.15, 0.2) is 15.0 Å². The number of aliphatic hydroxyl groups is 2. The zero-order chi connectivity index (χ0) is 13.6. The maximum atomic E-state index is 10.1. The molecule has 6 atom stereocenters. The summed E-state index contributed by atoms with van der Waals surface area (Å²) in [6.07, 6.45) is 0.770. The summed E-state index contributed by atoms with van der Waals surface area (Å²) in [5, 5.41) is 20.0. The minimum atomic E-state index is -0.954. The Balaban J connectivity index is 1.80. The Morgan fingerprint density at radius 1 is 1.32 bits per heavy atom. The van der Waals surface area contributed by atoms with Gasteiger partial charge in [-0.15, -0.1) is 0 Å². The van der Waals surface area contributed by atoms with Crippen LogP contribution in [0.5, 0.6) is 0 Å². The summed E-state index contributed by atoms with van der Waals surface area (Å²) in [6, 6.07) is -0.126. The minimum absolute atomic E-state index is 0.126. The highest BCUT2D eigenvalue weighted by atomic mass is 16.6. The Hall–Kier alpha value is -1.31. The van der Waals surface area contributed by atoms with Crippen LogP contribution >= 0.6 is 0 Å². The van der Waals surface area contributed by atoms with Crippen LogP contribution in [-0.2, 0) is 4.74 Å². The molecule has 0 aromatic rings. The first-order valence-electron chi connectivity index (χ1n) is 6.51. The largest absolute Gasteiger partial charge is 0.388 e. The molecule has 3 aliphatic rings. The lowest BCUT2D eigenvalue weighted by Gasteiger charge is -2.31. The number of aliphatic hydroxyl groups excluding tert-OH is 2. The third kappa shape index (κ3) is 1.89. The molecule has 3 unspecified atom stereocenters. The van der Waals surface area contributed by atoms with E-state index in [1.165, 1.54) is 6.34 Å². The molecule has 3 rings (SSSR count). The standard InChI is InChI=1S/C12H18N4O3/c1-3-7-9(17)10(18)12(19-7)16-5-15-8-6(2)13-4-14-11(8)16/h4-5,7-12,17-18H,3H2,1-2H3/t7-,8?,9?,10+,11?,12-/m1/s1. The highest BCUT2D eigenvalue weighted by Crippen LogP contribution is 2.30. The van der Waals surface area contributed by atoms with Crippen molar-refractivity contribution in [1.82, 2.24) is 4.90 Å². The van der Waals surface area contributed by atoms with Crippen molar-refractivity contribution >= 4 is 18.4 Å². The first-order valence-corrected chi connectivity index (χ1v) is 6.51. The molecule has 0 aromatic carbocycles. The number of aliphatic imine (C=N–C) groups is 3. The second-order valence-corrected chi connectivity index (χ2v) is 5.06. The SMILES string of the molecule is CC[C@H]1O[C@@H](N2C=NC3C(C)=NC=NC32)[C@@H](O)C1O. The highest BCUT2D eigenvalue weighted by molar-refractivity contribution is 5.97. The van der Waals surface area contributed by atoms with Crippen molar-refractivity contribution in [2.24, 2.45) is 15.0 Å². The van der Waals surface area contributed by atoms with E-state index in [9.17, 15) is 10.2 Å². The van der Waals surface area contributed by atoms with Gasteiger partial charge in [-0.25, -0.2) is 9.98 Å². The lowest BCUT2D eigenvalue weighted by Crippen LogP contribution is -2.50. The van der Waals surface area contributed by atoms with Gasteiger partial charge >= 0.3 is 0 Å². The van der Waals surface area contributed by atoms with E-state index in [1.54, 1.807) is 11.2 Å². The molecule has 2 N–H and O–H groups in total. The van der Waals surface area contributed by atoms with Crippen molar-refractivity contribution in [3.8, 4) is 0 Å². The summed E-state index contributed by atoms with van der Waals surface area (Å²) in [7, 11) is 0. The molecule has 0 bridgehead atoms. The van der Waals surface area contributed by atoms with Crippen molar-refractivity contribution < 1.29 is 14.9 Å². The Morgan fingerprint density at radius 2 is 2.11 bits per heavy atom. The van der Waals surface area contributed by atoms with Crippen molar-refractivity contribution in [1.29, 1.82) is 0 Å². The highest BCUT2D eigenvalue weighted by Gasteiger charge is 2.48. The molecule has 7 nitrogen and oxygen atoms in total. The van der Waals surface area contributed by atoms with Gasteiger partial charge in [-0.1, -0.05) is 6.92 Å². The molecule has 0 aliphatic carbocycles. The summed E-state index contributed by atoms with van der Waals surface area (Å²) >= 11 is 0. The van der Waals surface area contributed by atoms with Crippen LogP contribution in [0.2, 0.25) is 0 Å². The Morgan fingerprint density at radius 3 is 2.79 bits per heavy atom. The number of hydrogen-bond acceptors (Lipinski definition) is 7. The van der Waals surface area contributed by atoms with Gasteiger partial charge in [0.15, 0.2) is 12.4 Å². The van der Waals surface area contributed by atoms with Crippen LogP contribution < -0.4 is 0 Å². The van der Waals surface area contributed by atoms with E-state index in [2.05, 4.69) is 15.0 Å². The third-order valence-electron chi connectivity index (χ3n) is 3.89. The fourth-order valence-electron chi connectivity index (χ4n) is 2.74. The maximum Gasteiger partial charge on any atom is 0.161 e. The second kappa shape index (κ2) is 4.66. The van der Waals surface area contributed by atoms with Gasteiger partial charge in [-0.2, -0.15) is 0 Å². The fourth-order valence-corrected chi connectivity index (χ4v) is 2.74. The Labute approximate surface area is 111 Å². The van der Waals surface area contributed by atoms with Crippen LogP contribution in [0.1, 0.15) is 20.3 Å². The molecule has 3 aliphatic heterocycles. The van der Waals surface area contributed by atoms with Crippen molar-refractivity contribution in [2.75, 3.05) is 0 Å². The predicted octanol–water partition coefficient (Wildman–Crippen LogP) is -0.616. The summed E-state index contributed by atoms with van der Waals surface area (Å²) in [6.45, 7) is 3.82. The van der Waals surface area contributed by atoms with Gasteiger partial charge in [0, 0.05) is 5.71 Å². The lowest BCUT2D eigenvalue weighted by atomic mass is 10.1. The average Bonchev–Trinajstić information content (AvgIpc) is 2.94. The van der Waals surface area contributed by atoms with Crippen LogP contribution in [0, 0.1) is 0 Å². The van der Waals surface area contributed by atoms with Crippen LogP contribution in [0.25, 0.3) is 0 Å². The third-order valence-corrected chi connectivity index (χ3v) is 3.89. The molecule has 7 heteroatoms. The normalized spacial score (nSPS) is 44.6. The Kier molecular flexibility index (Phi) is 3.12. The zero-order valence-electron chi connectivity index (χ0n) is 10.9. The number of nitrogens with zero attached hydrogens (tertiary/aromatic N) is 4. The van der Waals surface area contributed by atoms with E-state index < -0.39 is 18.4 Å². The summed E-state index contributed by atoms with van der Waals surface area (Å²) in [4.78, 5) is 14.5. The molecule has 19 heavy (non-hydrogen) atoms. The van der Waals surface area contributed by atoms with Gasteiger partial charge < -0.3 is 19.8 Å². The van der Waals surface area contributed by atoms with E-state index in [0.29, 0.717) is 6.42 Å². The minimum Gasteiger partial charge on any atom is -0.388 e. The quantitative estimate of drug-likeness (QED) is 0.697. The smallest absolute Gasteiger partial charge is 0.161 e. The van der Waals surface area contributed by atoms with Gasteiger partial charge in [0.25, 0.3) is 0 Å². The van der Waals surface area contributed by atoms with Crippen LogP contribution in [0.4, 0.5) is 0 Å². The molecule has 104 valence electrons. The molecule has 1 fully saturated rings. The Bertz CT molecular complexity index is 450. The van der Waals surface area contributed by atoms with Crippen molar-refractivity contribution in [2.45, 2.75) is 57.0 Å². The van der Waals surface area contributed by atoms with Gasteiger partial charge in [0.1, 0.15) is 24.6 Å². The zero-order valence-corrected chi connectivity index (χ0v) is 10.9. The first kappa shape index (κ1) is 12.7. The molecule has 0 saturated carbocycles. The molecule has 3 heterocycles. The van der Waals surface area contributed by atoms with E-state index in [4.69, 9.17) is 4.74 Å². The molecule has 1 saturated heterocycles. The molecular weight excluding hydrogens is 248 g/mol. The summed E-state index contributed by atoms with van der Waals surface area (Å²) < 4.78 is 5.72. The molecule has 0 radical (unpaired) electrons. The van der Waals surface area contributed by atoms with Gasteiger partial charge in [0.2, 0.25) is 0 Å². The van der Waals surface area contributed by atoms with Gasteiger partial charge in [0.05, 0.1) is 12.4 Å². The molecule has 0 amide bonds. The second-order valence-electron chi connectivity index (χ2n) is 5.06. The maximum absolute atomic E-state index is 10.1. The predicted molar refractivity (Wildman–Crippen MR) is 70.5 cm³/mol. The number of hydrogen-bond donors (Lipinski definition) is 2. The van der Waals surface area contributed by atoms with Crippen LogP contribution in [0.3, 0.4) is 0 Å². The number of ether oxygens (including phenoxy) is 1. The van der Waals surface area contributed by atoms with E-state index in [0.717, 1.165) is 5.71 Å². The number of fused-ring (bicyclic) bond motifs is 1. The topological polar surface area (TPSA) is 90.0 Å². The number of rotatable bonds is 2. The molecule has 0 aromatic heterocycles. The van der Waals surface area contributed by atoms with Crippen LogP contribution in [-0.4, -0.2) is 70.2 Å². The van der Waals surface area contributed by atoms with E-state index in [-0.39, 0.29) is 18.3 Å². The van der Waals surface area contributed by atoms with E-state index >= 15 is 0 Å². The lowest BCUT2D eigenvalue weighted by molar-refractivity contribution is -0.0680. The average molecular weight is 266 g/mol. The first-order chi connectivity index (χ1) is 9.13. The molecule has 0 spiro atoms. The molecular formula is C12H18N4O3.